The van der Waals surface area contributed by atoms with E-state index in [1.165, 1.54) is 6.07 Å². The van der Waals surface area contributed by atoms with E-state index < -0.39 is 5.82 Å². The molecule has 0 saturated carbocycles. The van der Waals surface area contributed by atoms with Crippen molar-refractivity contribution in [3.05, 3.63) is 34.1 Å². The number of rotatable bonds is 1. The summed E-state index contributed by atoms with van der Waals surface area (Å²) in [4.78, 5) is 16.9. The van der Waals surface area contributed by atoms with E-state index in [9.17, 15) is 9.18 Å². The highest BCUT2D eigenvalue weighted by Gasteiger charge is 2.36. The number of nitrogens with zero attached hydrogens (tertiary/aromatic N) is 2. The van der Waals surface area contributed by atoms with Gasteiger partial charge >= 0.3 is 0 Å². The van der Waals surface area contributed by atoms with Crippen LogP contribution in [0.1, 0.15) is 15.9 Å². The number of hydrogen-bond acceptors (Lipinski definition) is 3. The van der Waals surface area contributed by atoms with Gasteiger partial charge in [-0.2, -0.15) is 0 Å². The zero-order valence-electron chi connectivity index (χ0n) is 12.8. The molecular weight excluding hydrogens is 307 g/mol. The van der Waals surface area contributed by atoms with Crippen molar-refractivity contribution < 1.29 is 13.9 Å². The Morgan fingerprint density at radius 2 is 2.09 bits per heavy atom. The fourth-order valence-corrected chi connectivity index (χ4v) is 3.56. The van der Waals surface area contributed by atoms with Crippen LogP contribution in [0.15, 0.2) is 12.1 Å². The summed E-state index contributed by atoms with van der Waals surface area (Å²) < 4.78 is 19.8. The lowest BCUT2D eigenvalue weighted by atomic mass is 10.1. The number of halogens is 2. The number of fused-ring (bicyclic) bond motifs is 3. The van der Waals surface area contributed by atoms with Crippen molar-refractivity contribution in [1.82, 2.24) is 9.80 Å². The number of benzene rings is 1. The predicted octanol–water partition coefficient (Wildman–Crippen LogP) is 2.19. The Hall–Kier alpha value is -1.17. The number of hydrogen-bond donors (Lipinski definition) is 0. The fraction of sp³-hybridized carbons (Fsp3) is 0.562. The van der Waals surface area contributed by atoms with Gasteiger partial charge in [-0.25, -0.2) is 4.39 Å². The molecule has 2 heterocycles. The maximum Gasteiger partial charge on any atom is 0.258 e. The maximum atomic E-state index is 14.2. The molecule has 3 rings (SSSR count). The van der Waals surface area contributed by atoms with Crippen molar-refractivity contribution >= 4 is 17.5 Å². The Morgan fingerprint density at radius 1 is 1.32 bits per heavy atom. The van der Waals surface area contributed by atoms with Crippen LogP contribution < -0.4 is 0 Å². The number of aryl methyl sites for hydroxylation is 1. The molecule has 1 amide bonds. The van der Waals surface area contributed by atoms with Gasteiger partial charge < -0.3 is 14.5 Å². The van der Waals surface area contributed by atoms with Crippen molar-refractivity contribution in [3.63, 3.8) is 0 Å². The summed E-state index contributed by atoms with van der Waals surface area (Å²) in [7, 11) is 2.04. The van der Waals surface area contributed by atoms with Crippen LogP contribution >= 0.6 is 11.6 Å². The zero-order valence-corrected chi connectivity index (χ0v) is 13.6. The summed E-state index contributed by atoms with van der Waals surface area (Å²) in [6, 6.07) is 2.83. The van der Waals surface area contributed by atoms with Gasteiger partial charge in [0.25, 0.3) is 5.91 Å². The van der Waals surface area contributed by atoms with Crippen LogP contribution in [0.25, 0.3) is 0 Å². The topological polar surface area (TPSA) is 32.8 Å². The fourth-order valence-electron chi connectivity index (χ4n) is 3.32. The van der Waals surface area contributed by atoms with E-state index in [2.05, 4.69) is 4.90 Å². The molecule has 2 aliphatic rings. The number of carbonyl (C=O) groups is 1. The second kappa shape index (κ2) is 6.14. The van der Waals surface area contributed by atoms with E-state index in [-0.39, 0.29) is 28.5 Å². The Balaban J connectivity index is 1.96. The van der Waals surface area contributed by atoms with Gasteiger partial charge in [-0.1, -0.05) is 17.7 Å². The minimum absolute atomic E-state index is 0.0168. The van der Waals surface area contributed by atoms with E-state index in [1.807, 2.05) is 7.05 Å². The molecule has 2 bridgehead atoms. The second-order valence-corrected chi connectivity index (χ2v) is 6.67. The molecule has 2 aliphatic heterocycles. The highest BCUT2D eigenvalue weighted by Crippen LogP contribution is 2.28. The van der Waals surface area contributed by atoms with Crippen LogP contribution in [0.3, 0.4) is 0 Å². The predicted molar refractivity (Wildman–Crippen MR) is 82.8 cm³/mol. The van der Waals surface area contributed by atoms with E-state index >= 15 is 0 Å². The van der Waals surface area contributed by atoms with Crippen LogP contribution in [0, 0.1) is 18.7 Å². The van der Waals surface area contributed by atoms with Crippen molar-refractivity contribution in [2.24, 2.45) is 5.92 Å². The summed E-state index contributed by atoms with van der Waals surface area (Å²) in [5.41, 5.74) is 0.689. The molecule has 2 saturated heterocycles. The van der Waals surface area contributed by atoms with Crippen LogP contribution in [0.4, 0.5) is 4.39 Å². The molecule has 120 valence electrons. The molecule has 0 unspecified atom stereocenters. The van der Waals surface area contributed by atoms with E-state index in [1.54, 1.807) is 17.9 Å². The van der Waals surface area contributed by atoms with Gasteiger partial charge in [0, 0.05) is 25.6 Å². The van der Waals surface area contributed by atoms with Crippen LogP contribution in [0.5, 0.6) is 0 Å². The monoisotopic (exact) mass is 326 g/mol. The molecule has 2 atom stereocenters. The third kappa shape index (κ3) is 2.85. The average Bonchev–Trinajstić information content (AvgIpc) is 2.73. The molecule has 22 heavy (non-hydrogen) atoms. The third-order valence-corrected chi connectivity index (χ3v) is 4.90. The average molecular weight is 327 g/mol. The summed E-state index contributed by atoms with van der Waals surface area (Å²) in [5, 5.41) is 0.207. The first-order chi connectivity index (χ1) is 10.5. The molecule has 0 N–H and O–H groups in total. The van der Waals surface area contributed by atoms with E-state index in [4.69, 9.17) is 16.3 Å². The normalized spacial score (nSPS) is 25.9. The quantitative estimate of drug-likeness (QED) is 0.793. The van der Waals surface area contributed by atoms with Crippen LogP contribution in [-0.2, 0) is 4.74 Å². The van der Waals surface area contributed by atoms with Gasteiger partial charge in [0.15, 0.2) is 0 Å². The summed E-state index contributed by atoms with van der Waals surface area (Å²) in [5.74, 6) is -0.649. The zero-order chi connectivity index (χ0) is 15.9. The molecular formula is C16H20ClFN2O2. The smallest absolute Gasteiger partial charge is 0.258 e. The molecule has 0 aliphatic carbocycles. The minimum atomic E-state index is -0.561. The number of carbonyl (C=O) groups excluding carboxylic acids is 1. The second-order valence-electron chi connectivity index (χ2n) is 6.29. The van der Waals surface area contributed by atoms with Crippen LogP contribution in [-0.4, -0.2) is 61.6 Å². The first-order valence-electron chi connectivity index (χ1n) is 7.49. The van der Waals surface area contributed by atoms with Crippen molar-refractivity contribution in [2.45, 2.75) is 13.0 Å². The van der Waals surface area contributed by atoms with Gasteiger partial charge in [-0.3, -0.25) is 4.79 Å². The van der Waals surface area contributed by atoms with Gasteiger partial charge in [0.2, 0.25) is 0 Å². The lowest BCUT2D eigenvalue weighted by Crippen LogP contribution is -2.46. The lowest BCUT2D eigenvalue weighted by Gasteiger charge is -2.30. The highest BCUT2D eigenvalue weighted by atomic mass is 35.5. The summed E-state index contributed by atoms with van der Waals surface area (Å²) >= 11 is 6.20. The number of amides is 1. The first-order valence-corrected chi connectivity index (χ1v) is 7.87. The largest absolute Gasteiger partial charge is 0.379 e. The van der Waals surface area contributed by atoms with Gasteiger partial charge in [0.1, 0.15) is 5.82 Å². The molecule has 2 fully saturated rings. The maximum absolute atomic E-state index is 14.2. The molecule has 0 aromatic heterocycles. The molecule has 0 spiro atoms. The standard InChI is InChI=1S/C16H20ClFN2O2/c1-10-3-4-13(18)14(15(10)17)16(21)20-6-11-5-19(2)7-12(20)9-22-8-11/h3-4,11-12H,5-9H2,1-2H3/t11-,12-/m0/s1. The third-order valence-electron chi connectivity index (χ3n) is 4.41. The van der Waals surface area contributed by atoms with Crippen molar-refractivity contribution in [1.29, 1.82) is 0 Å². The molecule has 1 aromatic carbocycles. The molecule has 1 aromatic rings. The van der Waals surface area contributed by atoms with Crippen LogP contribution in [0.2, 0.25) is 5.02 Å². The van der Waals surface area contributed by atoms with E-state index in [0.29, 0.717) is 25.3 Å². The molecule has 4 nitrogen and oxygen atoms in total. The Kier molecular flexibility index (Phi) is 4.39. The summed E-state index contributed by atoms with van der Waals surface area (Å²) in [6.07, 6.45) is 0. The SMILES string of the molecule is Cc1ccc(F)c(C(=O)N2C[C@H]3COC[C@@H]2CN(C)C3)c1Cl. The Morgan fingerprint density at radius 3 is 2.86 bits per heavy atom. The van der Waals surface area contributed by atoms with Crippen molar-refractivity contribution in [3.8, 4) is 0 Å². The molecule has 6 heteroatoms. The lowest BCUT2D eigenvalue weighted by molar-refractivity contribution is 0.0481. The van der Waals surface area contributed by atoms with Gasteiger partial charge in [-0.05, 0) is 25.6 Å². The minimum Gasteiger partial charge on any atom is -0.379 e. The Bertz CT molecular complexity index is 596. The Labute approximate surface area is 134 Å². The van der Waals surface area contributed by atoms with E-state index in [0.717, 1.165) is 13.1 Å². The number of likely N-dealkylation sites (N-methyl/N-ethyl adjacent to an activating group) is 1. The first kappa shape index (κ1) is 15.7. The van der Waals surface area contributed by atoms with Gasteiger partial charge in [0.05, 0.1) is 29.8 Å². The van der Waals surface area contributed by atoms with Gasteiger partial charge in [-0.15, -0.1) is 0 Å². The summed E-state index contributed by atoms with van der Waals surface area (Å²) in [6.45, 7) is 5.08. The highest BCUT2D eigenvalue weighted by molar-refractivity contribution is 6.34. The van der Waals surface area contributed by atoms with Crippen molar-refractivity contribution in [2.75, 3.05) is 39.9 Å². The molecule has 0 radical (unpaired) electrons. The number of ether oxygens (including phenoxy) is 1.